The smallest absolute Gasteiger partial charge is 0.344 e. The molecule has 0 radical (unpaired) electrons. The van der Waals surface area contributed by atoms with Gasteiger partial charge in [-0.3, -0.25) is 4.79 Å². The molecule has 0 saturated carbocycles. The Kier molecular flexibility index (Phi) is 5.84. The highest BCUT2D eigenvalue weighted by atomic mass is 16.6. The Bertz CT molecular complexity index is 930. The molecule has 0 unspecified atom stereocenters. The van der Waals surface area contributed by atoms with Crippen molar-refractivity contribution in [1.29, 1.82) is 0 Å². The van der Waals surface area contributed by atoms with E-state index in [2.05, 4.69) is 0 Å². The van der Waals surface area contributed by atoms with E-state index in [4.69, 9.17) is 23.7 Å². The second kappa shape index (κ2) is 8.47. The largest absolute Gasteiger partial charge is 0.493 e. The Labute approximate surface area is 162 Å². The highest BCUT2D eigenvalue weighted by molar-refractivity contribution is 6.14. The number of hydrogen-bond donors (Lipinski definition) is 0. The SMILES string of the molecule is CCOC(=O)COc1ccc2c(c1)O/C(=C\c1ccc(OC)c(OC)c1)C2=O. The highest BCUT2D eigenvalue weighted by Gasteiger charge is 2.28. The van der Waals surface area contributed by atoms with Gasteiger partial charge >= 0.3 is 5.97 Å². The van der Waals surface area contributed by atoms with Crippen molar-refractivity contribution in [1.82, 2.24) is 0 Å². The van der Waals surface area contributed by atoms with Crippen LogP contribution in [0.1, 0.15) is 22.8 Å². The van der Waals surface area contributed by atoms with E-state index in [-0.39, 0.29) is 24.8 Å². The van der Waals surface area contributed by atoms with Crippen molar-refractivity contribution in [3.8, 4) is 23.0 Å². The molecule has 0 bridgehead atoms. The van der Waals surface area contributed by atoms with Crippen LogP contribution in [0.15, 0.2) is 42.2 Å². The molecule has 1 aliphatic rings. The van der Waals surface area contributed by atoms with Gasteiger partial charge in [-0.1, -0.05) is 6.07 Å². The normalized spacial score (nSPS) is 13.7. The van der Waals surface area contributed by atoms with Gasteiger partial charge in [-0.25, -0.2) is 4.79 Å². The molecular formula is C21H20O7. The number of benzene rings is 2. The lowest BCUT2D eigenvalue weighted by Crippen LogP contribution is -2.14. The number of hydrogen-bond acceptors (Lipinski definition) is 7. The molecule has 7 nitrogen and oxygen atoms in total. The minimum absolute atomic E-state index is 0.185. The van der Waals surface area contributed by atoms with Crippen molar-refractivity contribution in [2.24, 2.45) is 0 Å². The summed E-state index contributed by atoms with van der Waals surface area (Å²) in [5.74, 6) is 1.41. The second-order valence-electron chi connectivity index (χ2n) is 5.81. The summed E-state index contributed by atoms with van der Waals surface area (Å²) in [6.45, 7) is 1.79. The lowest BCUT2D eigenvalue weighted by atomic mass is 10.1. The molecule has 0 aliphatic carbocycles. The van der Waals surface area contributed by atoms with E-state index in [1.54, 1.807) is 63.6 Å². The van der Waals surface area contributed by atoms with Crippen LogP contribution in [0.3, 0.4) is 0 Å². The number of fused-ring (bicyclic) bond motifs is 1. The maximum atomic E-state index is 12.6. The maximum Gasteiger partial charge on any atom is 0.344 e. The van der Waals surface area contributed by atoms with Crippen molar-refractivity contribution in [3.05, 3.63) is 53.3 Å². The number of carbonyl (C=O) groups excluding carboxylic acids is 2. The minimum Gasteiger partial charge on any atom is -0.493 e. The molecular weight excluding hydrogens is 364 g/mol. The van der Waals surface area contributed by atoms with Crippen LogP contribution in [0.4, 0.5) is 0 Å². The van der Waals surface area contributed by atoms with Gasteiger partial charge in [-0.05, 0) is 42.8 Å². The summed E-state index contributed by atoms with van der Waals surface area (Å²) in [6, 6.07) is 10.1. The van der Waals surface area contributed by atoms with Crippen LogP contribution < -0.4 is 18.9 Å². The van der Waals surface area contributed by atoms with Crippen LogP contribution >= 0.6 is 0 Å². The first kappa shape index (κ1) is 19.3. The van der Waals surface area contributed by atoms with Crippen molar-refractivity contribution in [3.63, 3.8) is 0 Å². The van der Waals surface area contributed by atoms with E-state index >= 15 is 0 Å². The number of ether oxygens (including phenoxy) is 5. The zero-order valence-electron chi connectivity index (χ0n) is 15.8. The summed E-state index contributed by atoms with van der Waals surface area (Å²) in [5, 5.41) is 0. The van der Waals surface area contributed by atoms with Crippen molar-refractivity contribution in [2.45, 2.75) is 6.92 Å². The first-order chi connectivity index (χ1) is 13.5. The number of esters is 1. The lowest BCUT2D eigenvalue weighted by Gasteiger charge is -2.08. The van der Waals surface area contributed by atoms with Crippen LogP contribution in [0.2, 0.25) is 0 Å². The van der Waals surface area contributed by atoms with Gasteiger partial charge in [0.15, 0.2) is 23.9 Å². The van der Waals surface area contributed by atoms with Crippen molar-refractivity contribution >= 4 is 17.8 Å². The molecule has 2 aromatic carbocycles. The van der Waals surface area contributed by atoms with Gasteiger partial charge in [0.25, 0.3) is 0 Å². The third-order valence-electron chi connectivity index (χ3n) is 4.01. The van der Waals surface area contributed by atoms with E-state index in [1.165, 1.54) is 0 Å². The van der Waals surface area contributed by atoms with Gasteiger partial charge in [0.2, 0.25) is 5.78 Å². The van der Waals surface area contributed by atoms with Crippen LogP contribution in [0.5, 0.6) is 23.0 Å². The third kappa shape index (κ3) is 4.09. The molecule has 0 N–H and O–H groups in total. The zero-order valence-corrected chi connectivity index (χ0v) is 15.8. The Morgan fingerprint density at radius 1 is 1.07 bits per heavy atom. The van der Waals surface area contributed by atoms with Crippen LogP contribution in [-0.2, 0) is 9.53 Å². The molecule has 0 atom stereocenters. The Morgan fingerprint density at radius 2 is 1.86 bits per heavy atom. The standard InChI is InChI=1S/C21H20O7/c1-4-26-20(22)12-27-14-6-7-15-17(11-14)28-19(21(15)23)10-13-5-8-16(24-2)18(9-13)25-3/h5-11H,4,12H2,1-3H3/b19-10-. The molecule has 3 rings (SSSR count). The fraction of sp³-hybridized carbons (Fsp3) is 0.238. The summed E-state index contributed by atoms with van der Waals surface area (Å²) >= 11 is 0. The number of allylic oxidation sites excluding steroid dienone is 1. The van der Waals surface area contributed by atoms with E-state index in [9.17, 15) is 9.59 Å². The van der Waals surface area contributed by atoms with Crippen LogP contribution in [0.25, 0.3) is 6.08 Å². The molecule has 7 heteroatoms. The van der Waals surface area contributed by atoms with Crippen molar-refractivity contribution in [2.75, 3.05) is 27.4 Å². The summed E-state index contributed by atoms with van der Waals surface area (Å²) in [5.41, 5.74) is 1.16. The van der Waals surface area contributed by atoms with Gasteiger partial charge in [0.1, 0.15) is 11.5 Å². The molecule has 1 heterocycles. The third-order valence-corrected chi connectivity index (χ3v) is 4.01. The predicted octanol–water partition coefficient (Wildman–Crippen LogP) is 3.26. The second-order valence-corrected chi connectivity index (χ2v) is 5.81. The fourth-order valence-corrected chi connectivity index (χ4v) is 2.70. The summed E-state index contributed by atoms with van der Waals surface area (Å²) < 4.78 is 26.4. The molecule has 0 aromatic heterocycles. The highest BCUT2D eigenvalue weighted by Crippen LogP contribution is 2.35. The van der Waals surface area contributed by atoms with E-state index in [0.717, 1.165) is 5.56 Å². The average Bonchev–Trinajstić information content (AvgIpc) is 3.01. The summed E-state index contributed by atoms with van der Waals surface area (Å²) in [6.07, 6.45) is 1.63. The van der Waals surface area contributed by atoms with Gasteiger partial charge in [0.05, 0.1) is 26.4 Å². The van der Waals surface area contributed by atoms with Gasteiger partial charge in [-0.15, -0.1) is 0 Å². The summed E-state index contributed by atoms with van der Waals surface area (Å²) in [4.78, 5) is 24.0. The molecule has 0 amide bonds. The number of Topliss-reactive ketones (excluding diaryl/α,β-unsaturated/α-hetero) is 1. The molecule has 0 spiro atoms. The average molecular weight is 384 g/mol. The lowest BCUT2D eigenvalue weighted by molar-refractivity contribution is -0.145. The van der Waals surface area contributed by atoms with Crippen molar-refractivity contribution < 1.29 is 33.3 Å². The monoisotopic (exact) mass is 384 g/mol. The topological polar surface area (TPSA) is 80.3 Å². The number of rotatable bonds is 7. The predicted molar refractivity (Wildman–Crippen MR) is 101 cm³/mol. The first-order valence-corrected chi connectivity index (χ1v) is 8.64. The zero-order chi connectivity index (χ0) is 20.1. The van der Waals surface area contributed by atoms with E-state index in [1.807, 2.05) is 0 Å². The molecule has 28 heavy (non-hydrogen) atoms. The number of carbonyl (C=O) groups is 2. The fourth-order valence-electron chi connectivity index (χ4n) is 2.70. The maximum absolute atomic E-state index is 12.6. The van der Waals surface area contributed by atoms with E-state index < -0.39 is 5.97 Å². The molecule has 0 saturated heterocycles. The van der Waals surface area contributed by atoms with Gasteiger partial charge in [-0.2, -0.15) is 0 Å². The Morgan fingerprint density at radius 3 is 2.57 bits per heavy atom. The van der Waals surface area contributed by atoms with Gasteiger partial charge in [0, 0.05) is 6.07 Å². The van der Waals surface area contributed by atoms with E-state index in [0.29, 0.717) is 28.6 Å². The summed E-state index contributed by atoms with van der Waals surface area (Å²) in [7, 11) is 3.09. The van der Waals surface area contributed by atoms with Gasteiger partial charge < -0.3 is 23.7 Å². The molecule has 2 aromatic rings. The Hall–Kier alpha value is -3.48. The quantitative estimate of drug-likeness (QED) is 0.535. The van der Waals surface area contributed by atoms with Crippen LogP contribution in [-0.4, -0.2) is 39.2 Å². The van der Waals surface area contributed by atoms with Crippen LogP contribution in [0, 0.1) is 0 Å². The minimum atomic E-state index is -0.464. The molecule has 0 fully saturated rings. The molecule has 1 aliphatic heterocycles. The number of methoxy groups -OCH3 is 2. The first-order valence-electron chi connectivity index (χ1n) is 8.64. The Balaban J connectivity index is 1.78. The molecule has 146 valence electrons. The number of ketones is 1.